The van der Waals surface area contributed by atoms with Crippen LogP contribution in [0.4, 0.5) is 0 Å². The van der Waals surface area contributed by atoms with Crippen LogP contribution in [0.3, 0.4) is 0 Å². The molecule has 0 saturated carbocycles. The molecule has 6 heteroatoms. The van der Waals surface area contributed by atoms with Crippen molar-refractivity contribution in [2.75, 3.05) is 13.1 Å². The van der Waals surface area contributed by atoms with Crippen molar-refractivity contribution in [1.29, 1.82) is 0 Å². The van der Waals surface area contributed by atoms with Crippen molar-refractivity contribution in [3.8, 4) is 0 Å². The molecule has 1 aromatic rings. The number of benzene rings is 1. The van der Waals surface area contributed by atoms with Crippen molar-refractivity contribution in [2.24, 2.45) is 0 Å². The molecule has 17 heavy (non-hydrogen) atoms. The Kier molecular flexibility index (Phi) is 5.44. The van der Waals surface area contributed by atoms with Gasteiger partial charge in [0.25, 0.3) is 0 Å². The number of hydrogen-bond acceptors (Lipinski definition) is 2. The lowest BCUT2D eigenvalue weighted by Gasteiger charge is -2.19. The Morgan fingerprint density at radius 1 is 1.29 bits per heavy atom. The second-order valence-corrected chi connectivity index (χ2v) is 6.52. The van der Waals surface area contributed by atoms with Crippen LogP contribution in [-0.4, -0.2) is 25.8 Å². The molecular formula is C11H15BrClNO2S. The normalized spacial score (nSPS) is 12.1. The molecular weight excluding hydrogens is 326 g/mol. The number of alkyl halides is 1. The van der Waals surface area contributed by atoms with Crippen LogP contribution in [0.5, 0.6) is 0 Å². The molecule has 0 bridgehead atoms. The third kappa shape index (κ3) is 3.22. The largest absolute Gasteiger partial charge is 0.244 e. The van der Waals surface area contributed by atoms with Gasteiger partial charge < -0.3 is 0 Å². The molecule has 1 rings (SSSR count). The predicted octanol–water partition coefficient (Wildman–Crippen LogP) is 3.22. The van der Waals surface area contributed by atoms with E-state index < -0.39 is 10.0 Å². The standard InChI is InChI=1S/C11H15BrClNO2S/c1-3-14(4-2)17(15,16)11-7-9(8-13)5-6-10(11)12/h5-7H,3-4,8H2,1-2H3. The maximum absolute atomic E-state index is 12.3. The number of sulfonamides is 1. The first kappa shape index (κ1) is 15.0. The number of halogens is 2. The van der Waals surface area contributed by atoms with E-state index in [-0.39, 0.29) is 4.90 Å². The van der Waals surface area contributed by atoms with Crippen LogP contribution in [0.15, 0.2) is 27.6 Å². The Labute approximate surface area is 116 Å². The predicted molar refractivity (Wildman–Crippen MR) is 73.8 cm³/mol. The molecule has 1 aromatic carbocycles. The van der Waals surface area contributed by atoms with Crippen molar-refractivity contribution >= 4 is 37.6 Å². The minimum Gasteiger partial charge on any atom is -0.207 e. The summed E-state index contributed by atoms with van der Waals surface area (Å²) in [4.78, 5) is 0.277. The lowest BCUT2D eigenvalue weighted by Crippen LogP contribution is -2.30. The van der Waals surface area contributed by atoms with E-state index >= 15 is 0 Å². The second-order valence-electron chi connectivity index (χ2n) is 3.49. The number of rotatable bonds is 5. The van der Waals surface area contributed by atoms with Gasteiger partial charge in [-0.05, 0) is 33.6 Å². The summed E-state index contributed by atoms with van der Waals surface area (Å²) in [6.45, 7) is 4.55. The van der Waals surface area contributed by atoms with Crippen molar-refractivity contribution < 1.29 is 8.42 Å². The molecule has 0 aromatic heterocycles. The van der Waals surface area contributed by atoms with Crippen LogP contribution in [0, 0.1) is 0 Å². The van der Waals surface area contributed by atoms with Gasteiger partial charge in [0.1, 0.15) is 0 Å². The lowest BCUT2D eigenvalue weighted by molar-refractivity contribution is 0.445. The summed E-state index contributed by atoms with van der Waals surface area (Å²) < 4.78 is 26.7. The number of hydrogen-bond donors (Lipinski definition) is 0. The topological polar surface area (TPSA) is 37.4 Å². The fraction of sp³-hybridized carbons (Fsp3) is 0.455. The Morgan fingerprint density at radius 3 is 2.35 bits per heavy atom. The van der Waals surface area contributed by atoms with E-state index in [0.717, 1.165) is 5.56 Å². The lowest BCUT2D eigenvalue weighted by atomic mass is 10.2. The Morgan fingerprint density at radius 2 is 1.88 bits per heavy atom. The first-order valence-corrected chi connectivity index (χ1v) is 8.08. The maximum Gasteiger partial charge on any atom is 0.244 e. The highest BCUT2D eigenvalue weighted by molar-refractivity contribution is 9.10. The maximum atomic E-state index is 12.3. The van der Waals surface area contributed by atoms with E-state index in [4.69, 9.17) is 11.6 Å². The summed E-state index contributed by atoms with van der Waals surface area (Å²) in [5, 5.41) is 0. The fourth-order valence-electron chi connectivity index (χ4n) is 1.53. The third-order valence-corrected chi connectivity index (χ3v) is 5.83. The first-order valence-electron chi connectivity index (χ1n) is 5.31. The van der Waals surface area contributed by atoms with Gasteiger partial charge in [-0.25, -0.2) is 8.42 Å². The quantitative estimate of drug-likeness (QED) is 0.772. The molecule has 0 radical (unpaired) electrons. The molecule has 0 aliphatic carbocycles. The summed E-state index contributed by atoms with van der Waals surface area (Å²) in [6, 6.07) is 5.14. The van der Waals surface area contributed by atoms with Crippen LogP contribution >= 0.6 is 27.5 Å². The fourth-order valence-corrected chi connectivity index (χ4v) is 4.13. The molecule has 0 spiro atoms. The van der Waals surface area contributed by atoms with E-state index in [9.17, 15) is 8.42 Å². The van der Waals surface area contributed by atoms with Gasteiger partial charge in [-0.1, -0.05) is 19.9 Å². The molecule has 0 saturated heterocycles. The van der Waals surface area contributed by atoms with Gasteiger partial charge in [0.2, 0.25) is 10.0 Å². The first-order chi connectivity index (χ1) is 7.97. The van der Waals surface area contributed by atoms with E-state index in [2.05, 4.69) is 15.9 Å². The second kappa shape index (κ2) is 6.18. The van der Waals surface area contributed by atoms with Gasteiger partial charge in [0.15, 0.2) is 0 Å². The average Bonchev–Trinajstić information content (AvgIpc) is 2.30. The smallest absolute Gasteiger partial charge is 0.207 e. The van der Waals surface area contributed by atoms with Crippen LogP contribution < -0.4 is 0 Å². The monoisotopic (exact) mass is 339 g/mol. The van der Waals surface area contributed by atoms with Gasteiger partial charge in [-0.3, -0.25) is 0 Å². The highest BCUT2D eigenvalue weighted by Gasteiger charge is 2.24. The molecule has 0 N–H and O–H groups in total. The van der Waals surface area contributed by atoms with Crippen molar-refractivity contribution in [2.45, 2.75) is 24.6 Å². The van der Waals surface area contributed by atoms with Crippen LogP contribution in [0.1, 0.15) is 19.4 Å². The van der Waals surface area contributed by atoms with Gasteiger partial charge >= 0.3 is 0 Å². The highest BCUT2D eigenvalue weighted by atomic mass is 79.9. The summed E-state index contributed by atoms with van der Waals surface area (Å²) in [6.07, 6.45) is 0. The van der Waals surface area contributed by atoms with E-state index in [1.807, 2.05) is 13.8 Å². The minimum atomic E-state index is -3.44. The minimum absolute atomic E-state index is 0.277. The summed E-state index contributed by atoms with van der Waals surface area (Å²) in [5.41, 5.74) is 0.792. The summed E-state index contributed by atoms with van der Waals surface area (Å²) >= 11 is 9.00. The van der Waals surface area contributed by atoms with E-state index in [0.29, 0.717) is 23.4 Å². The molecule has 3 nitrogen and oxygen atoms in total. The molecule has 0 fully saturated rings. The molecule has 0 amide bonds. The Hall–Kier alpha value is -0.100. The summed E-state index contributed by atoms with van der Waals surface area (Å²) in [7, 11) is -3.44. The van der Waals surface area contributed by atoms with Crippen molar-refractivity contribution in [1.82, 2.24) is 4.31 Å². The van der Waals surface area contributed by atoms with E-state index in [1.165, 1.54) is 4.31 Å². The van der Waals surface area contributed by atoms with Gasteiger partial charge in [0.05, 0.1) is 4.90 Å². The van der Waals surface area contributed by atoms with Crippen LogP contribution in [-0.2, 0) is 15.9 Å². The Balaban J connectivity index is 3.31. The van der Waals surface area contributed by atoms with Gasteiger partial charge in [-0.15, -0.1) is 11.6 Å². The van der Waals surface area contributed by atoms with E-state index in [1.54, 1.807) is 18.2 Å². The average molecular weight is 341 g/mol. The highest BCUT2D eigenvalue weighted by Crippen LogP contribution is 2.26. The van der Waals surface area contributed by atoms with Crippen LogP contribution in [0.2, 0.25) is 0 Å². The van der Waals surface area contributed by atoms with Crippen molar-refractivity contribution in [3.63, 3.8) is 0 Å². The van der Waals surface area contributed by atoms with Gasteiger partial charge in [-0.2, -0.15) is 4.31 Å². The Bertz CT molecular complexity index is 486. The number of nitrogens with zero attached hydrogens (tertiary/aromatic N) is 1. The zero-order chi connectivity index (χ0) is 13.1. The van der Waals surface area contributed by atoms with Crippen molar-refractivity contribution in [3.05, 3.63) is 28.2 Å². The zero-order valence-corrected chi connectivity index (χ0v) is 12.9. The van der Waals surface area contributed by atoms with Gasteiger partial charge in [0, 0.05) is 23.4 Å². The molecule has 0 heterocycles. The molecule has 96 valence electrons. The van der Waals surface area contributed by atoms with Crippen LogP contribution in [0.25, 0.3) is 0 Å². The molecule has 0 atom stereocenters. The third-order valence-electron chi connectivity index (χ3n) is 2.47. The summed E-state index contributed by atoms with van der Waals surface area (Å²) in [5.74, 6) is 0.300. The molecule has 0 aliphatic heterocycles. The molecule has 0 aliphatic rings. The zero-order valence-electron chi connectivity index (χ0n) is 9.78. The molecule has 0 unspecified atom stereocenters. The SMILES string of the molecule is CCN(CC)S(=O)(=O)c1cc(CCl)ccc1Br.